The molecule has 0 saturated heterocycles. The molecule has 0 heterocycles. The maximum atomic E-state index is 5.58. The van der Waals surface area contributed by atoms with Gasteiger partial charge < -0.3 is 4.74 Å². The molecule has 0 atom stereocenters. The Balaban J connectivity index is 1.95. The summed E-state index contributed by atoms with van der Waals surface area (Å²) in [5.41, 5.74) is 5.56. The third-order valence-corrected chi connectivity index (χ3v) is 3.96. The molecule has 0 aliphatic carbocycles. The van der Waals surface area contributed by atoms with Gasteiger partial charge in [-0.05, 0) is 48.4 Å². The Morgan fingerprint density at radius 3 is 2.32 bits per heavy atom. The summed E-state index contributed by atoms with van der Waals surface area (Å²) in [7, 11) is 1.70. The van der Waals surface area contributed by atoms with Gasteiger partial charge in [-0.15, -0.1) is 0 Å². The van der Waals surface area contributed by atoms with E-state index in [-0.39, 0.29) is 0 Å². The van der Waals surface area contributed by atoms with Gasteiger partial charge in [0.2, 0.25) is 0 Å². The zero-order valence-electron chi connectivity index (χ0n) is 14.5. The predicted octanol–water partition coefficient (Wildman–Crippen LogP) is 5.74. The number of benzene rings is 3. The number of ether oxygens (including phenoxy) is 1. The first-order chi connectivity index (χ1) is 12.3. The molecule has 25 heavy (non-hydrogen) atoms. The summed E-state index contributed by atoms with van der Waals surface area (Å²) in [6.07, 6.45) is 3.92. The lowest BCUT2D eigenvalue weighted by molar-refractivity contribution is 0.416. The van der Waals surface area contributed by atoms with Gasteiger partial charge in [-0.2, -0.15) is 0 Å². The molecule has 0 N–H and O–H groups in total. The number of hydrogen-bond donors (Lipinski definition) is 0. The molecular formula is C24H20O. The molecular weight excluding hydrogens is 304 g/mol. The molecule has 3 rings (SSSR count). The van der Waals surface area contributed by atoms with Crippen LogP contribution in [0.5, 0.6) is 5.75 Å². The highest BCUT2D eigenvalue weighted by Gasteiger charge is 2.09. The van der Waals surface area contributed by atoms with Gasteiger partial charge >= 0.3 is 0 Å². The average Bonchev–Trinajstić information content (AvgIpc) is 2.66. The minimum absolute atomic E-state index is 0.863. The molecule has 0 aliphatic rings. The monoisotopic (exact) mass is 324 g/mol. The van der Waals surface area contributed by atoms with Crippen molar-refractivity contribution < 1.29 is 4.74 Å². The fourth-order valence-corrected chi connectivity index (χ4v) is 2.66. The van der Waals surface area contributed by atoms with Crippen LogP contribution in [0.2, 0.25) is 0 Å². The van der Waals surface area contributed by atoms with Crippen LogP contribution in [0, 0.1) is 18.8 Å². The van der Waals surface area contributed by atoms with Crippen molar-refractivity contribution in [2.24, 2.45) is 0 Å². The van der Waals surface area contributed by atoms with E-state index in [1.807, 2.05) is 54.6 Å². The Labute approximate surface area is 149 Å². The van der Waals surface area contributed by atoms with E-state index in [1.54, 1.807) is 7.11 Å². The van der Waals surface area contributed by atoms with E-state index in [0.717, 1.165) is 28.0 Å². The molecule has 1 heteroatoms. The third-order valence-electron chi connectivity index (χ3n) is 3.96. The summed E-state index contributed by atoms with van der Waals surface area (Å²) < 4.78 is 5.58. The summed E-state index contributed by atoms with van der Waals surface area (Å²) in [6.45, 7) is 2.09. The van der Waals surface area contributed by atoms with Gasteiger partial charge in [0.1, 0.15) is 5.75 Å². The lowest BCUT2D eigenvalue weighted by atomic mass is 9.97. The normalized spacial score (nSPS) is 10.3. The fourth-order valence-electron chi connectivity index (χ4n) is 2.66. The molecule has 0 bridgehead atoms. The largest absolute Gasteiger partial charge is 0.496 e. The van der Waals surface area contributed by atoms with E-state index in [0.29, 0.717) is 0 Å². The summed E-state index contributed by atoms with van der Waals surface area (Å²) in [6, 6.07) is 24.5. The van der Waals surface area contributed by atoms with Crippen molar-refractivity contribution in [2.75, 3.05) is 7.11 Å². The van der Waals surface area contributed by atoms with E-state index in [1.165, 1.54) is 5.56 Å². The van der Waals surface area contributed by atoms with Gasteiger partial charge in [0.15, 0.2) is 0 Å². The molecule has 0 saturated carbocycles. The van der Waals surface area contributed by atoms with Crippen LogP contribution in [-0.4, -0.2) is 7.11 Å². The molecule has 0 spiro atoms. The van der Waals surface area contributed by atoms with Crippen molar-refractivity contribution in [3.8, 4) is 28.7 Å². The van der Waals surface area contributed by atoms with Crippen LogP contribution < -0.4 is 4.74 Å². The van der Waals surface area contributed by atoms with Crippen LogP contribution in [0.4, 0.5) is 0 Å². The van der Waals surface area contributed by atoms with Crippen molar-refractivity contribution in [1.82, 2.24) is 0 Å². The number of methoxy groups -OCH3 is 1. The Morgan fingerprint density at radius 1 is 0.840 bits per heavy atom. The minimum Gasteiger partial charge on any atom is -0.496 e. The van der Waals surface area contributed by atoms with Crippen LogP contribution >= 0.6 is 0 Å². The molecule has 3 aromatic carbocycles. The van der Waals surface area contributed by atoms with Gasteiger partial charge in [0.05, 0.1) is 7.11 Å². The molecule has 1 nitrogen and oxygen atoms in total. The zero-order valence-corrected chi connectivity index (χ0v) is 14.5. The van der Waals surface area contributed by atoms with Crippen LogP contribution in [0.3, 0.4) is 0 Å². The highest BCUT2D eigenvalue weighted by Crippen LogP contribution is 2.34. The molecule has 0 unspecified atom stereocenters. The number of hydrogen-bond acceptors (Lipinski definition) is 1. The number of aryl methyl sites for hydroxylation is 1. The molecule has 0 aliphatic heterocycles. The second kappa shape index (κ2) is 8.04. The van der Waals surface area contributed by atoms with E-state index in [4.69, 9.17) is 4.74 Å². The minimum atomic E-state index is 0.863. The average molecular weight is 324 g/mol. The van der Waals surface area contributed by atoms with Crippen molar-refractivity contribution >= 4 is 6.08 Å². The first-order valence-corrected chi connectivity index (χ1v) is 8.25. The van der Waals surface area contributed by atoms with Crippen LogP contribution in [-0.2, 0) is 0 Å². The lowest BCUT2D eigenvalue weighted by Crippen LogP contribution is -1.91. The lowest BCUT2D eigenvalue weighted by Gasteiger charge is -2.12. The predicted molar refractivity (Wildman–Crippen MR) is 106 cm³/mol. The van der Waals surface area contributed by atoms with Gasteiger partial charge in [-0.25, -0.2) is 0 Å². The van der Waals surface area contributed by atoms with Crippen molar-refractivity contribution in [2.45, 2.75) is 6.92 Å². The standard InChI is InChI=1S/C24H20O/c1-19-15-17-22(18-16-19)24-21(13-8-14-23(24)25-2)12-7-6-11-20-9-4-3-5-10-20/h3-5,7-10,12-18H,1-2H3. The fraction of sp³-hybridized carbons (Fsp3) is 0.0833. The molecule has 0 fully saturated rings. The van der Waals surface area contributed by atoms with Gasteiger partial charge in [-0.3, -0.25) is 0 Å². The third kappa shape index (κ3) is 4.19. The maximum absolute atomic E-state index is 5.58. The summed E-state index contributed by atoms with van der Waals surface area (Å²) in [5, 5.41) is 0. The summed E-state index contributed by atoms with van der Waals surface area (Å²) in [5.74, 6) is 7.11. The summed E-state index contributed by atoms with van der Waals surface area (Å²) in [4.78, 5) is 0. The molecule has 0 amide bonds. The van der Waals surface area contributed by atoms with Gasteiger partial charge in [-0.1, -0.05) is 72.0 Å². The van der Waals surface area contributed by atoms with Crippen molar-refractivity contribution in [1.29, 1.82) is 0 Å². The van der Waals surface area contributed by atoms with Crippen molar-refractivity contribution in [3.05, 3.63) is 95.6 Å². The zero-order chi connectivity index (χ0) is 17.5. The first kappa shape index (κ1) is 16.6. The molecule has 0 radical (unpaired) electrons. The second-order valence-corrected chi connectivity index (χ2v) is 5.76. The number of rotatable bonds is 3. The maximum Gasteiger partial charge on any atom is 0.127 e. The van der Waals surface area contributed by atoms with Crippen LogP contribution in [0.1, 0.15) is 16.7 Å². The molecule has 0 aromatic heterocycles. The van der Waals surface area contributed by atoms with E-state index in [2.05, 4.69) is 49.1 Å². The highest BCUT2D eigenvalue weighted by molar-refractivity contribution is 5.81. The Kier molecular flexibility index (Phi) is 5.34. The topological polar surface area (TPSA) is 9.23 Å². The molecule has 3 aromatic rings. The summed E-state index contributed by atoms with van der Waals surface area (Å²) >= 11 is 0. The van der Waals surface area contributed by atoms with Gasteiger partial charge in [0.25, 0.3) is 0 Å². The molecule has 122 valence electrons. The van der Waals surface area contributed by atoms with E-state index in [9.17, 15) is 0 Å². The smallest absolute Gasteiger partial charge is 0.127 e. The van der Waals surface area contributed by atoms with Crippen LogP contribution in [0.15, 0.2) is 78.9 Å². The van der Waals surface area contributed by atoms with Crippen molar-refractivity contribution in [3.63, 3.8) is 0 Å². The Bertz CT molecular complexity index is 923. The van der Waals surface area contributed by atoms with Crippen LogP contribution in [0.25, 0.3) is 17.2 Å². The Hall–Kier alpha value is -3.24. The highest BCUT2D eigenvalue weighted by atomic mass is 16.5. The van der Waals surface area contributed by atoms with E-state index < -0.39 is 0 Å². The SMILES string of the molecule is COc1cccc(C=CC#Cc2ccccc2)c1-c1ccc(C)cc1. The van der Waals surface area contributed by atoms with E-state index >= 15 is 0 Å². The second-order valence-electron chi connectivity index (χ2n) is 5.76. The number of allylic oxidation sites excluding steroid dienone is 1. The first-order valence-electron chi connectivity index (χ1n) is 8.25. The Morgan fingerprint density at radius 2 is 1.60 bits per heavy atom. The van der Waals surface area contributed by atoms with Gasteiger partial charge in [0, 0.05) is 11.1 Å². The quantitative estimate of drug-likeness (QED) is 0.559.